The van der Waals surface area contributed by atoms with E-state index in [1.165, 1.54) is 12.1 Å². The maximum atomic E-state index is 12.5. The van der Waals surface area contributed by atoms with E-state index < -0.39 is 29.6 Å². The zero-order valence-electron chi connectivity index (χ0n) is 30.7. The summed E-state index contributed by atoms with van der Waals surface area (Å²) in [5, 5.41) is 0. The number of esters is 1. The van der Waals surface area contributed by atoms with Gasteiger partial charge in [-0.15, -0.1) is 0 Å². The van der Waals surface area contributed by atoms with Crippen LogP contribution in [0.25, 0.3) is 0 Å². The quantitative estimate of drug-likeness (QED) is 0.0177. The number of guanidine groups is 1. The van der Waals surface area contributed by atoms with E-state index >= 15 is 0 Å². The van der Waals surface area contributed by atoms with Crippen LogP contribution in [-0.4, -0.2) is 118 Å². The standard InChI is InChI=1S/C37H53N5O12/c38-36(49)28(5-3-17-41-37(39)40)8-11-30(44)26-53-23-21-50-19-2-1-6-29(43)25-52-24-22-51-20-4-7-32(45)27-9-12-31(13-10-27)54-35(48)16-18-42-33(46)14-15-34(42)47/h9-10,12-15,28H,1-8,11,16-26H2,(H2,38,49)(H4,39,40,41)/t28-/m1/s1. The van der Waals surface area contributed by atoms with Gasteiger partial charge < -0.3 is 40.9 Å². The van der Waals surface area contributed by atoms with Crippen LogP contribution in [0.1, 0.15) is 74.6 Å². The van der Waals surface area contributed by atoms with Crippen molar-refractivity contribution in [3.63, 3.8) is 0 Å². The molecule has 17 heteroatoms. The highest BCUT2D eigenvalue weighted by Gasteiger charge is 2.24. The zero-order chi connectivity index (χ0) is 39.6. The Kier molecular flexibility index (Phi) is 22.5. The number of benzene rings is 1. The number of imide groups is 1. The number of carbonyl (C=O) groups is 7. The highest BCUT2D eigenvalue weighted by atomic mass is 16.5. The molecule has 0 bridgehead atoms. The Hall–Kier alpha value is -4.84. The van der Waals surface area contributed by atoms with Crippen molar-refractivity contribution < 1.29 is 57.2 Å². The lowest BCUT2D eigenvalue weighted by atomic mass is 9.96. The van der Waals surface area contributed by atoms with Crippen LogP contribution in [0.15, 0.2) is 41.4 Å². The smallest absolute Gasteiger partial charge is 0.312 e. The summed E-state index contributed by atoms with van der Waals surface area (Å²) in [5.74, 6) is -2.45. The fourth-order valence-electron chi connectivity index (χ4n) is 5.02. The van der Waals surface area contributed by atoms with Gasteiger partial charge in [-0.2, -0.15) is 0 Å². The molecule has 1 aliphatic heterocycles. The Morgan fingerprint density at radius 1 is 0.648 bits per heavy atom. The van der Waals surface area contributed by atoms with Gasteiger partial charge in [0.15, 0.2) is 23.3 Å². The second-order valence-corrected chi connectivity index (χ2v) is 12.4. The fourth-order valence-corrected chi connectivity index (χ4v) is 5.02. The summed E-state index contributed by atoms with van der Waals surface area (Å²) in [5.41, 5.74) is 16.4. The molecule has 54 heavy (non-hydrogen) atoms. The number of ketones is 3. The second-order valence-electron chi connectivity index (χ2n) is 12.4. The normalized spacial score (nSPS) is 12.9. The first-order valence-electron chi connectivity index (χ1n) is 18.0. The molecule has 0 saturated heterocycles. The van der Waals surface area contributed by atoms with Gasteiger partial charge in [0.25, 0.3) is 11.8 Å². The van der Waals surface area contributed by atoms with Crippen LogP contribution in [-0.2, 0) is 47.7 Å². The lowest BCUT2D eigenvalue weighted by Crippen LogP contribution is -2.32. The third-order valence-corrected chi connectivity index (χ3v) is 7.98. The third-order valence-electron chi connectivity index (χ3n) is 7.98. The molecule has 0 aromatic heterocycles. The molecule has 6 N–H and O–H groups in total. The number of Topliss-reactive ketones (excluding diaryl/α,β-unsaturated/α-hetero) is 3. The molecule has 1 heterocycles. The number of unbranched alkanes of at least 4 members (excludes halogenated alkanes) is 1. The van der Waals surface area contributed by atoms with Gasteiger partial charge in [0.1, 0.15) is 19.0 Å². The van der Waals surface area contributed by atoms with Crippen LogP contribution < -0.4 is 21.9 Å². The Morgan fingerprint density at radius 2 is 1.24 bits per heavy atom. The molecular formula is C37H53N5O12. The average Bonchev–Trinajstić information content (AvgIpc) is 3.46. The molecular weight excluding hydrogens is 706 g/mol. The van der Waals surface area contributed by atoms with Crippen LogP contribution in [0.3, 0.4) is 0 Å². The van der Waals surface area contributed by atoms with Gasteiger partial charge in [0.05, 0.1) is 32.8 Å². The predicted molar refractivity (Wildman–Crippen MR) is 195 cm³/mol. The molecule has 17 nitrogen and oxygen atoms in total. The van der Waals surface area contributed by atoms with E-state index in [1.807, 2.05) is 0 Å². The van der Waals surface area contributed by atoms with E-state index in [4.69, 9.17) is 40.9 Å². The highest BCUT2D eigenvalue weighted by molar-refractivity contribution is 6.13. The van der Waals surface area contributed by atoms with Crippen molar-refractivity contribution in [3.8, 4) is 5.75 Å². The first-order chi connectivity index (χ1) is 26.0. The van der Waals surface area contributed by atoms with Crippen molar-refractivity contribution in [2.24, 2.45) is 28.1 Å². The molecule has 0 saturated carbocycles. The number of nitrogens with two attached hydrogens (primary N) is 3. The third kappa shape index (κ3) is 20.4. The van der Waals surface area contributed by atoms with Gasteiger partial charge >= 0.3 is 5.97 Å². The molecule has 1 atom stereocenters. The molecule has 0 aliphatic carbocycles. The Morgan fingerprint density at radius 3 is 1.85 bits per heavy atom. The predicted octanol–water partition coefficient (Wildman–Crippen LogP) is 1.18. The highest BCUT2D eigenvalue weighted by Crippen LogP contribution is 2.16. The van der Waals surface area contributed by atoms with Crippen LogP contribution in [0.5, 0.6) is 5.75 Å². The summed E-state index contributed by atoms with van der Waals surface area (Å²) < 4.78 is 26.9. The molecule has 1 aromatic rings. The van der Waals surface area contributed by atoms with Crippen LogP contribution in [0.4, 0.5) is 0 Å². The van der Waals surface area contributed by atoms with Crippen molar-refractivity contribution in [1.82, 2.24) is 4.90 Å². The summed E-state index contributed by atoms with van der Waals surface area (Å²) in [7, 11) is 0. The van der Waals surface area contributed by atoms with E-state index in [1.54, 1.807) is 12.1 Å². The van der Waals surface area contributed by atoms with Crippen LogP contribution in [0.2, 0.25) is 0 Å². The number of amides is 3. The minimum atomic E-state index is -0.609. The van der Waals surface area contributed by atoms with Crippen molar-refractivity contribution in [3.05, 3.63) is 42.0 Å². The minimum Gasteiger partial charge on any atom is -0.426 e. The van der Waals surface area contributed by atoms with Crippen molar-refractivity contribution in [2.75, 3.05) is 65.9 Å². The van der Waals surface area contributed by atoms with Gasteiger partial charge in [-0.05, 0) is 62.8 Å². The van der Waals surface area contributed by atoms with E-state index in [2.05, 4.69) is 4.99 Å². The van der Waals surface area contributed by atoms with Crippen LogP contribution in [0, 0.1) is 5.92 Å². The van der Waals surface area contributed by atoms with Gasteiger partial charge in [0, 0.05) is 69.2 Å². The SMILES string of the molecule is NC(=O)[C@H](CCCN=C(N)N)CCC(=O)COCCOCCCCC(=O)COCCOCCCC(=O)c1ccc(OC(=O)CCN2C(=O)C=CC2=O)cc1. The lowest BCUT2D eigenvalue weighted by Gasteiger charge is -2.12. The molecule has 298 valence electrons. The summed E-state index contributed by atoms with van der Waals surface area (Å²) in [6.07, 6.45) is 6.20. The molecule has 2 rings (SSSR count). The van der Waals surface area contributed by atoms with Crippen molar-refractivity contribution in [2.45, 2.75) is 64.2 Å². The topological polar surface area (TPSA) is 259 Å². The monoisotopic (exact) mass is 759 g/mol. The van der Waals surface area contributed by atoms with E-state index in [9.17, 15) is 33.6 Å². The Labute approximate surface area is 314 Å². The largest absolute Gasteiger partial charge is 0.426 e. The Bertz CT molecular complexity index is 1420. The maximum absolute atomic E-state index is 12.5. The summed E-state index contributed by atoms with van der Waals surface area (Å²) in [4.78, 5) is 88.2. The summed E-state index contributed by atoms with van der Waals surface area (Å²) in [6.45, 7) is 2.14. The van der Waals surface area contributed by atoms with Gasteiger partial charge in [0.2, 0.25) is 5.91 Å². The number of aliphatic imine (C=N–C) groups is 1. The number of primary amides is 1. The second kappa shape index (κ2) is 26.9. The maximum Gasteiger partial charge on any atom is 0.312 e. The van der Waals surface area contributed by atoms with Crippen molar-refractivity contribution >= 4 is 47.0 Å². The van der Waals surface area contributed by atoms with Crippen LogP contribution >= 0.6 is 0 Å². The number of carbonyl (C=O) groups excluding carboxylic acids is 7. The van der Waals surface area contributed by atoms with E-state index in [0.717, 1.165) is 17.1 Å². The zero-order valence-corrected chi connectivity index (χ0v) is 30.7. The summed E-state index contributed by atoms with van der Waals surface area (Å²) >= 11 is 0. The van der Waals surface area contributed by atoms with Gasteiger partial charge in [-0.1, -0.05) is 0 Å². The number of nitrogens with zero attached hydrogens (tertiary/aromatic N) is 2. The van der Waals surface area contributed by atoms with E-state index in [0.29, 0.717) is 76.9 Å². The first-order valence-corrected chi connectivity index (χ1v) is 18.0. The van der Waals surface area contributed by atoms with Crippen molar-refractivity contribution in [1.29, 1.82) is 0 Å². The average molecular weight is 760 g/mol. The number of rotatable bonds is 32. The fraction of sp³-hybridized carbons (Fsp3) is 0.568. The molecule has 1 aromatic carbocycles. The number of ether oxygens (including phenoxy) is 5. The summed E-state index contributed by atoms with van der Waals surface area (Å²) in [6, 6.07) is 6.12. The molecule has 1 aliphatic rings. The molecule has 0 unspecified atom stereocenters. The lowest BCUT2D eigenvalue weighted by molar-refractivity contribution is -0.139. The number of hydrogen-bond acceptors (Lipinski definition) is 13. The van der Waals surface area contributed by atoms with E-state index in [-0.39, 0.29) is 87.9 Å². The molecule has 3 amide bonds. The molecule has 0 radical (unpaired) electrons. The first kappa shape index (κ1) is 45.3. The molecule has 0 fully saturated rings. The molecule has 0 spiro atoms. The van der Waals surface area contributed by atoms with Gasteiger partial charge in [-0.25, -0.2) is 0 Å². The van der Waals surface area contributed by atoms with Gasteiger partial charge in [-0.3, -0.25) is 43.5 Å². The Balaban J connectivity index is 1.38. The minimum absolute atomic E-state index is 0.0106. The number of hydrogen-bond donors (Lipinski definition) is 3.